The molecule has 0 aromatic heterocycles. The summed E-state index contributed by atoms with van der Waals surface area (Å²) in [4.78, 5) is 0. The molecule has 0 radical (unpaired) electrons. The number of halogens is 1. The molecule has 1 rings (SSSR count). The second-order valence-electron chi connectivity index (χ2n) is 3.92. The minimum atomic E-state index is -1.03. The van der Waals surface area contributed by atoms with Gasteiger partial charge in [-0.1, -0.05) is 26.0 Å². The molecule has 3 heteroatoms. The highest BCUT2D eigenvalue weighted by molar-refractivity contribution is 5.24. The lowest BCUT2D eigenvalue weighted by molar-refractivity contribution is -0.0178. The lowest BCUT2D eigenvalue weighted by atomic mass is 9.80. The van der Waals surface area contributed by atoms with Gasteiger partial charge in [-0.25, -0.2) is 4.39 Å². The van der Waals surface area contributed by atoms with Gasteiger partial charge in [-0.05, 0) is 30.7 Å². The van der Waals surface area contributed by atoms with E-state index in [1.165, 1.54) is 12.1 Å². The van der Waals surface area contributed by atoms with Gasteiger partial charge in [-0.3, -0.25) is 0 Å². The van der Waals surface area contributed by atoms with E-state index in [1.54, 1.807) is 12.1 Å². The topological polar surface area (TPSA) is 46.2 Å². The molecule has 1 aromatic rings. The van der Waals surface area contributed by atoms with Crippen molar-refractivity contribution in [2.24, 2.45) is 11.7 Å². The highest BCUT2D eigenvalue weighted by atomic mass is 19.1. The zero-order valence-corrected chi connectivity index (χ0v) is 9.20. The predicted molar refractivity (Wildman–Crippen MR) is 58.8 cm³/mol. The molecule has 1 aromatic carbocycles. The van der Waals surface area contributed by atoms with Crippen LogP contribution in [-0.4, -0.2) is 11.7 Å². The van der Waals surface area contributed by atoms with Gasteiger partial charge < -0.3 is 10.8 Å². The van der Waals surface area contributed by atoms with Crippen molar-refractivity contribution in [1.29, 1.82) is 0 Å². The summed E-state index contributed by atoms with van der Waals surface area (Å²) in [7, 11) is 0. The molecule has 2 atom stereocenters. The van der Waals surface area contributed by atoms with E-state index >= 15 is 0 Å². The Kier molecular flexibility index (Phi) is 3.83. The first kappa shape index (κ1) is 12.1. The Morgan fingerprint density at radius 1 is 1.53 bits per heavy atom. The standard InChI is InChI=1S/C12H18FNO/c1-3-12(15,9(2)8-14)10-5-4-6-11(13)7-10/h4-7,9,15H,3,8,14H2,1-2H3. The van der Waals surface area contributed by atoms with Gasteiger partial charge in [0.25, 0.3) is 0 Å². The van der Waals surface area contributed by atoms with Crippen molar-refractivity contribution in [2.45, 2.75) is 25.9 Å². The maximum atomic E-state index is 13.1. The first-order valence-corrected chi connectivity index (χ1v) is 5.23. The van der Waals surface area contributed by atoms with Crippen LogP contribution in [0.4, 0.5) is 4.39 Å². The van der Waals surface area contributed by atoms with Crippen LogP contribution in [0, 0.1) is 11.7 Å². The first-order chi connectivity index (χ1) is 7.04. The summed E-state index contributed by atoms with van der Waals surface area (Å²) in [6, 6.07) is 6.08. The van der Waals surface area contributed by atoms with E-state index in [0.29, 0.717) is 18.5 Å². The third kappa shape index (κ3) is 2.36. The van der Waals surface area contributed by atoms with Crippen molar-refractivity contribution < 1.29 is 9.50 Å². The molecule has 3 N–H and O–H groups in total. The molecule has 15 heavy (non-hydrogen) atoms. The molecule has 0 fully saturated rings. The monoisotopic (exact) mass is 211 g/mol. The average molecular weight is 211 g/mol. The summed E-state index contributed by atoms with van der Waals surface area (Å²) in [5, 5.41) is 10.4. The van der Waals surface area contributed by atoms with Gasteiger partial charge in [-0.2, -0.15) is 0 Å². The third-order valence-corrected chi connectivity index (χ3v) is 3.03. The second kappa shape index (κ2) is 4.73. The minimum absolute atomic E-state index is 0.0932. The van der Waals surface area contributed by atoms with Crippen LogP contribution in [0.25, 0.3) is 0 Å². The highest BCUT2D eigenvalue weighted by Gasteiger charge is 2.33. The molecular weight excluding hydrogens is 193 g/mol. The van der Waals surface area contributed by atoms with Gasteiger partial charge >= 0.3 is 0 Å². The van der Waals surface area contributed by atoms with Crippen LogP contribution in [0.15, 0.2) is 24.3 Å². The zero-order valence-electron chi connectivity index (χ0n) is 9.20. The normalized spacial score (nSPS) is 17.1. The molecule has 2 unspecified atom stereocenters. The summed E-state index contributed by atoms with van der Waals surface area (Å²) in [6.07, 6.45) is 0.523. The summed E-state index contributed by atoms with van der Waals surface area (Å²) in [6.45, 7) is 4.12. The van der Waals surface area contributed by atoms with Gasteiger partial charge in [0.05, 0.1) is 5.60 Å². The van der Waals surface area contributed by atoms with Crippen LogP contribution in [0.3, 0.4) is 0 Å². The van der Waals surface area contributed by atoms with E-state index in [4.69, 9.17) is 5.73 Å². The Morgan fingerprint density at radius 3 is 2.67 bits per heavy atom. The number of nitrogens with two attached hydrogens (primary N) is 1. The SMILES string of the molecule is CCC(O)(c1cccc(F)c1)C(C)CN. The molecule has 84 valence electrons. The van der Waals surface area contributed by atoms with Gasteiger partial charge in [0.15, 0.2) is 0 Å². The zero-order chi connectivity index (χ0) is 11.5. The van der Waals surface area contributed by atoms with E-state index < -0.39 is 5.60 Å². The quantitative estimate of drug-likeness (QED) is 0.800. The van der Waals surface area contributed by atoms with E-state index in [0.717, 1.165) is 0 Å². The van der Waals surface area contributed by atoms with Crippen molar-refractivity contribution in [3.05, 3.63) is 35.6 Å². The minimum Gasteiger partial charge on any atom is -0.385 e. The van der Waals surface area contributed by atoms with Crippen LogP contribution in [0.5, 0.6) is 0 Å². The Labute approximate surface area is 89.9 Å². The van der Waals surface area contributed by atoms with Crippen molar-refractivity contribution in [3.63, 3.8) is 0 Å². The van der Waals surface area contributed by atoms with Crippen LogP contribution >= 0.6 is 0 Å². The van der Waals surface area contributed by atoms with Crippen molar-refractivity contribution in [2.75, 3.05) is 6.54 Å². The molecule has 2 nitrogen and oxygen atoms in total. The number of aliphatic hydroxyl groups is 1. The van der Waals surface area contributed by atoms with E-state index in [-0.39, 0.29) is 11.7 Å². The third-order valence-electron chi connectivity index (χ3n) is 3.03. The van der Waals surface area contributed by atoms with E-state index in [2.05, 4.69) is 0 Å². The van der Waals surface area contributed by atoms with Crippen molar-refractivity contribution in [1.82, 2.24) is 0 Å². The molecule has 0 heterocycles. The fourth-order valence-corrected chi connectivity index (χ4v) is 1.79. The lowest BCUT2D eigenvalue weighted by Crippen LogP contribution is -2.37. The summed E-state index contributed by atoms with van der Waals surface area (Å²) in [5.41, 5.74) is 5.12. The highest BCUT2D eigenvalue weighted by Crippen LogP contribution is 2.32. The van der Waals surface area contributed by atoms with Gasteiger partial charge in [0, 0.05) is 5.92 Å². The Morgan fingerprint density at radius 2 is 2.20 bits per heavy atom. The van der Waals surface area contributed by atoms with Gasteiger partial charge in [0.2, 0.25) is 0 Å². The van der Waals surface area contributed by atoms with Crippen LogP contribution < -0.4 is 5.73 Å². The van der Waals surface area contributed by atoms with E-state index in [1.807, 2.05) is 13.8 Å². The number of hydrogen-bond acceptors (Lipinski definition) is 2. The molecule has 0 bridgehead atoms. The smallest absolute Gasteiger partial charge is 0.123 e. The summed E-state index contributed by atoms with van der Waals surface area (Å²) in [5.74, 6) is -0.423. The number of hydrogen-bond donors (Lipinski definition) is 2. The molecule has 0 aliphatic carbocycles. The molecule has 0 aliphatic rings. The number of benzene rings is 1. The second-order valence-corrected chi connectivity index (χ2v) is 3.92. The molecule has 0 spiro atoms. The van der Waals surface area contributed by atoms with Gasteiger partial charge in [-0.15, -0.1) is 0 Å². The summed E-state index contributed by atoms with van der Waals surface area (Å²) >= 11 is 0. The van der Waals surface area contributed by atoms with Gasteiger partial charge in [0.1, 0.15) is 5.82 Å². The molecular formula is C12H18FNO. The molecule has 0 amide bonds. The van der Waals surface area contributed by atoms with Crippen LogP contribution in [0.1, 0.15) is 25.8 Å². The van der Waals surface area contributed by atoms with Crippen LogP contribution in [-0.2, 0) is 5.60 Å². The molecule has 0 saturated carbocycles. The fourth-order valence-electron chi connectivity index (χ4n) is 1.79. The lowest BCUT2D eigenvalue weighted by Gasteiger charge is -2.33. The first-order valence-electron chi connectivity index (χ1n) is 5.23. The number of rotatable bonds is 4. The maximum absolute atomic E-state index is 13.1. The fraction of sp³-hybridized carbons (Fsp3) is 0.500. The summed E-state index contributed by atoms with van der Waals surface area (Å²) < 4.78 is 13.1. The Bertz CT molecular complexity index is 329. The van der Waals surface area contributed by atoms with Crippen molar-refractivity contribution in [3.8, 4) is 0 Å². The molecule has 0 aliphatic heterocycles. The average Bonchev–Trinajstić information content (AvgIpc) is 2.26. The Balaban J connectivity index is 3.10. The largest absolute Gasteiger partial charge is 0.385 e. The van der Waals surface area contributed by atoms with E-state index in [9.17, 15) is 9.50 Å². The van der Waals surface area contributed by atoms with Crippen molar-refractivity contribution >= 4 is 0 Å². The maximum Gasteiger partial charge on any atom is 0.123 e. The molecule has 0 saturated heterocycles. The predicted octanol–water partition coefficient (Wildman–Crippen LogP) is 2.02. The van der Waals surface area contributed by atoms with Crippen LogP contribution in [0.2, 0.25) is 0 Å². The Hall–Kier alpha value is -0.930.